The number of nitrogens with one attached hydrogen (secondary N) is 1. The van der Waals surface area contributed by atoms with Crippen LogP contribution in [0.15, 0.2) is 4.99 Å². The van der Waals surface area contributed by atoms with E-state index < -0.39 is 0 Å². The average molecular weight is 172 g/mol. The molecule has 0 aromatic rings. The standard InChI is InChI=1S/C8H16N2S/c1-7(11-2)6-10-8-4-3-5-9-8/h7H,3-6H2,1-2H3,(H,9,10). The van der Waals surface area contributed by atoms with Crippen molar-refractivity contribution in [2.24, 2.45) is 4.99 Å². The fourth-order valence-electron chi connectivity index (χ4n) is 1.03. The molecule has 1 N–H and O–H groups in total. The van der Waals surface area contributed by atoms with Crippen LogP contribution in [0.3, 0.4) is 0 Å². The van der Waals surface area contributed by atoms with E-state index in [9.17, 15) is 0 Å². The van der Waals surface area contributed by atoms with Gasteiger partial charge in [0.2, 0.25) is 0 Å². The van der Waals surface area contributed by atoms with E-state index in [0.717, 1.165) is 19.5 Å². The topological polar surface area (TPSA) is 24.4 Å². The quantitative estimate of drug-likeness (QED) is 0.698. The van der Waals surface area contributed by atoms with Gasteiger partial charge in [0.1, 0.15) is 0 Å². The maximum absolute atomic E-state index is 4.34. The Morgan fingerprint density at radius 2 is 2.55 bits per heavy atom. The third kappa shape index (κ3) is 3.14. The minimum absolute atomic E-state index is 0.693. The van der Waals surface area contributed by atoms with Gasteiger partial charge in [0.15, 0.2) is 0 Å². The lowest BCUT2D eigenvalue weighted by molar-refractivity contribution is 0.844. The molecule has 1 aliphatic rings. The summed E-state index contributed by atoms with van der Waals surface area (Å²) in [5, 5.41) is 4.05. The number of amidine groups is 1. The van der Waals surface area contributed by atoms with Crippen LogP contribution in [0.2, 0.25) is 0 Å². The molecule has 1 atom stereocenters. The van der Waals surface area contributed by atoms with E-state index in [0.29, 0.717) is 5.25 Å². The maximum Gasteiger partial charge on any atom is 0.0964 e. The molecule has 0 aromatic carbocycles. The predicted molar refractivity (Wildman–Crippen MR) is 52.5 cm³/mol. The summed E-state index contributed by atoms with van der Waals surface area (Å²) in [5.41, 5.74) is 0. The van der Waals surface area contributed by atoms with E-state index in [2.05, 4.69) is 23.5 Å². The van der Waals surface area contributed by atoms with Crippen LogP contribution in [0.25, 0.3) is 0 Å². The van der Waals surface area contributed by atoms with Crippen molar-refractivity contribution < 1.29 is 0 Å². The smallest absolute Gasteiger partial charge is 0.0964 e. The van der Waals surface area contributed by atoms with Crippen LogP contribution >= 0.6 is 11.8 Å². The maximum atomic E-state index is 4.34. The van der Waals surface area contributed by atoms with Crippen molar-refractivity contribution in [1.29, 1.82) is 0 Å². The molecular formula is C8H16N2S. The lowest BCUT2D eigenvalue weighted by atomic mass is 10.3. The largest absolute Gasteiger partial charge is 0.373 e. The first-order valence-electron chi connectivity index (χ1n) is 4.13. The van der Waals surface area contributed by atoms with Crippen molar-refractivity contribution in [3.63, 3.8) is 0 Å². The summed E-state index contributed by atoms with van der Waals surface area (Å²) in [7, 11) is 0. The van der Waals surface area contributed by atoms with Crippen LogP contribution in [-0.4, -0.2) is 30.4 Å². The van der Waals surface area contributed by atoms with Crippen LogP contribution in [0.4, 0.5) is 0 Å². The van der Waals surface area contributed by atoms with Gasteiger partial charge in [-0.25, -0.2) is 0 Å². The second-order valence-corrected chi connectivity index (χ2v) is 4.14. The first-order chi connectivity index (χ1) is 5.33. The Labute approximate surface area is 72.9 Å². The molecule has 0 aromatic heterocycles. The van der Waals surface area contributed by atoms with Gasteiger partial charge in [-0.2, -0.15) is 11.8 Å². The molecule has 0 radical (unpaired) electrons. The van der Waals surface area contributed by atoms with E-state index in [-0.39, 0.29) is 0 Å². The first-order valence-corrected chi connectivity index (χ1v) is 5.41. The van der Waals surface area contributed by atoms with Crippen LogP contribution in [0.5, 0.6) is 0 Å². The number of rotatable bonds is 3. The number of hydrogen-bond acceptors (Lipinski definition) is 3. The second-order valence-electron chi connectivity index (χ2n) is 2.86. The molecule has 0 spiro atoms. The monoisotopic (exact) mass is 172 g/mol. The summed E-state index contributed by atoms with van der Waals surface area (Å²) in [6, 6.07) is 0. The Bertz CT molecular complexity index is 145. The summed E-state index contributed by atoms with van der Waals surface area (Å²) in [5.74, 6) is 1.21. The van der Waals surface area contributed by atoms with Crippen LogP contribution in [-0.2, 0) is 0 Å². The molecule has 0 aliphatic carbocycles. The van der Waals surface area contributed by atoms with Gasteiger partial charge in [-0.3, -0.25) is 4.99 Å². The molecule has 0 fully saturated rings. The van der Waals surface area contributed by atoms with Gasteiger partial charge in [-0.1, -0.05) is 6.92 Å². The summed E-state index contributed by atoms with van der Waals surface area (Å²) in [6.07, 6.45) is 4.53. The molecule has 0 bridgehead atoms. The third-order valence-corrected chi connectivity index (χ3v) is 2.84. The molecule has 0 amide bonds. The fourth-order valence-corrected chi connectivity index (χ4v) is 1.28. The minimum atomic E-state index is 0.693. The molecule has 1 unspecified atom stereocenters. The molecule has 11 heavy (non-hydrogen) atoms. The lowest BCUT2D eigenvalue weighted by Gasteiger charge is -2.09. The zero-order chi connectivity index (χ0) is 8.10. The highest BCUT2D eigenvalue weighted by molar-refractivity contribution is 7.99. The Hall–Kier alpha value is -0.180. The van der Waals surface area contributed by atoms with Gasteiger partial charge in [0.25, 0.3) is 0 Å². The first kappa shape index (κ1) is 8.91. The lowest BCUT2D eigenvalue weighted by Crippen LogP contribution is -2.27. The Morgan fingerprint density at radius 3 is 3.09 bits per heavy atom. The third-order valence-electron chi connectivity index (χ3n) is 1.87. The van der Waals surface area contributed by atoms with Crippen molar-refractivity contribution in [3.8, 4) is 0 Å². The fraction of sp³-hybridized carbons (Fsp3) is 0.875. The Kier molecular flexibility index (Phi) is 3.77. The highest BCUT2D eigenvalue weighted by Crippen LogP contribution is 2.05. The van der Waals surface area contributed by atoms with Crippen molar-refractivity contribution in [2.75, 3.05) is 19.3 Å². The van der Waals surface area contributed by atoms with Gasteiger partial charge in [0, 0.05) is 24.8 Å². The Balaban J connectivity index is 2.11. The zero-order valence-electron chi connectivity index (χ0n) is 7.26. The van der Waals surface area contributed by atoms with E-state index in [1.807, 2.05) is 11.8 Å². The molecule has 3 heteroatoms. The molecule has 0 saturated carbocycles. The normalized spacial score (nSPS) is 19.6. The van der Waals surface area contributed by atoms with Crippen LogP contribution in [0, 0.1) is 0 Å². The molecule has 1 aliphatic heterocycles. The summed E-state index contributed by atoms with van der Waals surface area (Å²) < 4.78 is 0. The molecular weight excluding hydrogens is 156 g/mol. The second kappa shape index (κ2) is 4.65. The highest BCUT2D eigenvalue weighted by Gasteiger charge is 2.06. The van der Waals surface area contributed by atoms with Gasteiger partial charge >= 0.3 is 0 Å². The van der Waals surface area contributed by atoms with Crippen LogP contribution < -0.4 is 5.32 Å². The molecule has 1 rings (SSSR count). The molecule has 64 valence electrons. The van der Waals surface area contributed by atoms with Crippen molar-refractivity contribution in [3.05, 3.63) is 0 Å². The van der Waals surface area contributed by atoms with Gasteiger partial charge < -0.3 is 5.32 Å². The van der Waals surface area contributed by atoms with Crippen molar-refractivity contribution in [1.82, 2.24) is 5.32 Å². The SMILES string of the molecule is CSC(C)CNC1=NCCC1. The summed E-state index contributed by atoms with van der Waals surface area (Å²) in [4.78, 5) is 4.34. The number of nitrogens with zero attached hydrogens (tertiary/aromatic N) is 1. The van der Waals surface area contributed by atoms with E-state index in [1.54, 1.807) is 0 Å². The number of hydrogen-bond donors (Lipinski definition) is 1. The van der Waals surface area contributed by atoms with Gasteiger partial charge in [-0.15, -0.1) is 0 Å². The van der Waals surface area contributed by atoms with Crippen LogP contribution in [0.1, 0.15) is 19.8 Å². The zero-order valence-corrected chi connectivity index (χ0v) is 8.08. The number of aliphatic imine (C=N–C) groups is 1. The van der Waals surface area contributed by atoms with Crippen molar-refractivity contribution in [2.45, 2.75) is 25.0 Å². The summed E-state index contributed by atoms with van der Waals surface area (Å²) >= 11 is 1.89. The summed E-state index contributed by atoms with van der Waals surface area (Å²) in [6.45, 7) is 4.31. The van der Waals surface area contributed by atoms with E-state index in [1.165, 1.54) is 12.3 Å². The minimum Gasteiger partial charge on any atom is -0.373 e. The van der Waals surface area contributed by atoms with Gasteiger partial charge in [0.05, 0.1) is 5.84 Å². The highest BCUT2D eigenvalue weighted by atomic mass is 32.2. The van der Waals surface area contributed by atoms with E-state index in [4.69, 9.17) is 0 Å². The molecule has 2 nitrogen and oxygen atoms in total. The predicted octanol–water partition coefficient (Wildman–Crippen LogP) is 1.52. The molecule has 0 saturated heterocycles. The van der Waals surface area contributed by atoms with Gasteiger partial charge in [-0.05, 0) is 12.7 Å². The Morgan fingerprint density at radius 1 is 1.73 bits per heavy atom. The van der Waals surface area contributed by atoms with Crippen molar-refractivity contribution >= 4 is 17.6 Å². The molecule has 1 heterocycles. The number of thioether (sulfide) groups is 1. The average Bonchev–Trinajstić information content (AvgIpc) is 2.52. The van der Waals surface area contributed by atoms with E-state index >= 15 is 0 Å².